The van der Waals surface area contributed by atoms with Crippen LogP contribution in [0, 0.1) is 5.82 Å². The molecule has 1 heterocycles. The Balaban J connectivity index is 1.65. The van der Waals surface area contributed by atoms with E-state index in [-0.39, 0.29) is 29.6 Å². The number of hydrogen-bond acceptors (Lipinski definition) is 5. The Labute approximate surface area is 147 Å². The smallest absolute Gasteiger partial charge is 0.277 e. The minimum absolute atomic E-state index is 0.0250. The van der Waals surface area contributed by atoms with Crippen LogP contribution in [-0.2, 0) is 4.79 Å². The van der Waals surface area contributed by atoms with Crippen LogP contribution in [0.5, 0.6) is 5.75 Å². The highest BCUT2D eigenvalue weighted by Crippen LogP contribution is 2.20. The van der Waals surface area contributed by atoms with Gasteiger partial charge in [0.15, 0.2) is 12.3 Å². The van der Waals surface area contributed by atoms with E-state index in [9.17, 15) is 14.0 Å². The molecule has 2 amide bonds. The molecule has 0 saturated carbocycles. The standard InChI is InChI=1S/C16H15ClFN3O4/c1-10(20-16(23)14-5-7-25-21-14)4-6-19-15(22)9-24-11-2-3-12(17)13(18)8-11/h2-3,5,7-8H,1,4,6,9H2,(H,19,22)(H,20,23). The highest BCUT2D eigenvalue weighted by molar-refractivity contribution is 6.30. The molecule has 0 radical (unpaired) electrons. The van der Waals surface area contributed by atoms with Crippen molar-refractivity contribution in [3.63, 3.8) is 0 Å². The quantitative estimate of drug-likeness (QED) is 0.746. The molecule has 9 heteroatoms. The van der Waals surface area contributed by atoms with Gasteiger partial charge in [0, 0.05) is 30.8 Å². The van der Waals surface area contributed by atoms with Gasteiger partial charge in [-0.3, -0.25) is 9.59 Å². The first-order valence-electron chi connectivity index (χ1n) is 7.20. The first-order valence-corrected chi connectivity index (χ1v) is 7.57. The van der Waals surface area contributed by atoms with Gasteiger partial charge in [0.05, 0.1) is 5.02 Å². The molecule has 2 aromatic rings. The summed E-state index contributed by atoms with van der Waals surface area (Å²) in [6.45, 7) is 3.65. The van der Waals surface area contributed by atoms with Crippen LogP contribution >= 0.6 is 11.6 Å². The minimum Gasteiger partial charge on any atom is -0.484 e. The molecular formula is C16H15ClFN3O4. The van der Waals surface area contributed by atoms with E-state index < -0.39 is 17.6 Å². The van der Waals surface area contributed by atoms with Gasteiger partial charge in [-0.1, -0.05) is 23.3 Å². The van der Waals surface area contributed by atoms with Gasteiger partial charge >= 0.3 is 0 Å². The molecule has 0 atom stereocenters. The Morgan fingerprint density at radius 1 is 1.36 bits per heavy atom. The lowest BCUT2D eigenvalue weighted by atomic mass is 10.3. The van der Waals surface area contributed by atoms with Crippen molar-refractivity contribution >= 4 is 23.4 Å². The molecular weight excluding hydrogens is 353 g/mol. The second kappa shape index (κ2) is 8.84. The van der Waals surface area contributed by atoms with Crippen LogP contribution in [0.4, 0.5) is 4.39 Å². The van der Waals surface area contributed by atoms with E-state index in [4.69, 9.17) is 16.3 Å². The van der Waals surface area contributed by atoms with Gasteiger partial charge in [0.1, 0.15) is 17.8 Å². The molecule has 25 heavy (non-hydrogen) atoms. The maximum absolute atomic E-state index is 13.2. The van der Waals surface area contributed by atoms with Crippen molar-refractivity contribution in [3.8, 4) is 5.75 Å². The number of amides is 2. The summed E-state index contributed by atoms with van der Waals surface area (Å²) in [5, 5.41) is 8.59. The molecule has 132 valence electrons. The number of carbonyl (C=O) groups excluding carboxylic acids is 2. The molecule has 7 nitrogen and oxygen atoms in total. The summed E-state index contributed by atoms with van der Waals surface area (Å²) in [5.74, 6) is -1.27. The SMILES string of the molecule is C=C(CCNC(=O)COc1ccc(Cl)c(F)c1)NC(=O)c1ccon1. The molecule has 1 aromatic heterocycles. The van der Waals surface area contributed by atoms with E-state index in [0.717, 1.165) is 6.07 Å². The van der Waals surface area contributed by atoms with Gasteiger partial charge in [-0.2, -0.15) is 0 Å². The number of benzene rings is 1. The maximum atomic E-state index is 13.2. The van der Waals surface area contributed by atoms with E-state index in [2.05, 4.69) is 26.9 Å². The topological polar surface area (TPSA) is 93.5 Å². The Hall–Kier alpha value is -2.87. The van der Waals surface area contributed by atoms with E-state index in [1.807, 2.05) is 0 Å². The van der Waals surface area contributed by atoms with Crippen molar-refractivity contribution in [3.05, 3.63) is 59.3 Å². The van der Waals surface area contributed by atoms with E-state index in [0.29, 0.717) is 12.1 Å². The summed E-state index contributed by atoms with van der Waals surface area (Å²) in [6.07, 6.45) is 1.61. The van der Waals surface area contributed by atoms with E-state index in [1.54, 1.807) is 0 Å². The van der Waals surface area contributed by atoms with Crippen LogP contribution in [0.3, 0.4) is 0 Å². The van der Waals surface area contributed by atoms with Crippen LogP contribution in [0.2, 0.25) is 5.02 Å². The first-order chi connectivity index (χ1) is 12.0. The summed E-state index contributed by atoms with van der Waals surface area (Å²) in [4.78, 5) is 23.3. The molecule has 0 spiro atoms. The molecule has 0 bridgehead atoms. The van der Waals surface area contributed by atoms with Crippen molar-refractivity contribution in [1.29, 1.82) is 0 Å². The lowest BCUT2D eigenvalue weighted by Gasteiger charge is -2.09. The fourth-order valence-corrected chi connectivity index (χ4v) is 1.85. The molecule has 1 aromatic carbocycles. The van der Waals surface area contributed by atoms with Gasteiger partial charge in [0.2, 0.25) is 0 Å². The average Bonchev–Trinajstić information content (AvgIpc) is 3.10. The first kappa shape index (κ1) is 18.5. The number of nitrogens with one attached hydrogen (secondary N) is 2. The van der Waals surface area contributed by atoms with Gasteiger partial charge in [0.25, 0.3) is 11.8 Å². The Kier molecular flexibility index (Phi) is 6.53. The van der Waals surface area contributed by atoms with Crippen LogP contribution in [0.15, 0.2) is 47.3 Å². The molecule has 0 saturated heterocycles. The second-order valence-corrected chi connectivity index (χ2v) is 5.31. The third-order valence-electron chi connectivity index (χ3n) is 2.97. The fraction of sp³-hybridized carbons (Fsp3) is 0.188. The Morgan fingerprint density at radius 2 is 2.16 bits per heavy atom. The summed E-state index contributed by atoms with van der Waals surface area (Å²) >= 11 is 5.55. The number of rotatable bonds is 8. The lowest BCUT2D eigenvalue weighted by Crippen LogP contribution is -2.31. The largest absolute Gasteiger partial charge is 0.484 e. The van der Waals surface area contributed by atoms with Crippen LogP contribution in [0.25, 0.3) is 0 Å². The lowest BCUT2D eigenvalue weighted by molar-refractivity contribution is -0.123. The highest BCUT2D eigenvalue weighted by atomic mass is 35.5. The average molecular weight is 368 g/mol. The summed E-state index contributed by atoms with van der Waals surface area (Å²) in [7, 11) is 0. The zero-order chi connectivity index (χ0) is 18.2. The Bertz CT molecular complexity index is 765. The van der Waals surface area contributed by atoms with Crippen molar-refractivity contribution in [2.45, 2.75) is 6.42 Å². The third-order valence-corrected chi connectivity index (χ3v) is 3.28. The number of hydrogen-bond donors (Lipinski definition) is 2. The van der Waals surface area contributed by atoms with E-state index in [1.165, 1.54) is 24.5 Å². The second-order valence-electron chi connectivity index (χ2n) is 4.91. The van der Waals surface area contributed by atoms with E-state index >= 15 is 0 Å². The zero-order valence-corrected chi connectivity index (χ0v) is 13.8. The van der Waals surface area contributed by atoms with Crippen LogP contribution < -0.4 is 15.4 Å². The van der Waals surface area contributed by atoms with Gasteiger partial charge in [-0.05, 0) is 12.1 Å². The summed E-state index contributed by atoms with van der Waals surface area (Å²) < 4.78 is 23.0. The minimum atomic E-state index is -0.626. The number of aromatic nitrogens is 1. The third kappa shape index (κ3) is 5.92. The number of carbonyl (C=O) groups is 2. The molecule has 0 fully saturated rings. The van der Waals surface area contributed by atoms with Crippen molar-refractivity contribution in [2.75, 3.05) is 13.2 Å². The normalized spacial score (nSPS) is 10.2. The molecule has 0 aliphatic carbocycles. The predicted molar refractivity (Wildman–Crippen MR) is 87.6 cm³/mol. The van der Waals surface area contributed by atoms with Crippen molar-refractivity contribution in [1.82, 2.24) is 15.8 Å². The van der Waals surface area contributed by atoms with Crippen molar-refractivity contribution in [2.24, 2.45) is 0 Å². The van der Waals surface area contributed by atoms with Gasteiger partial charge in [-0.15, -0.1) is 0 Å². The van der Waals surface area contributed by atoms with Crippen LogP contribution in [-0.4, -0.2) is 30.1 Å². The molecule has 0 aliphatic heterocycles. The molecule has 2 N–H and O–H groups in total. The number of halogens is 2. The van der Waals surface area contributed by atoms with Gasteiger partial charge in [-0.25, -0.2) is 4.39 Å². The fourth-order valence-electron chi connectivity index (χ4n) is 1.74. The number of ether oxygens (including phenoxy) is 1. The molecule has 0 unspecified atom stereocenters. The monoisotopic (exact) mass is 367 g/mol. The van der Waals surface area contributed by atoms with Crippen LogP contribution in [0.1, 0.15) is 16.9 Å². The van der Waals surface area contributed by atoms with Crippen molar-refractivity contribution < 1.29 is 23.2 Å². The maximum Gasteiger partial charge on any atom is 0.277 e. The predicted octanol–water partition coefficient (Wildman–Crippen LogP) is 2.30. The zero-order valence-electron chi connectivity index (χ0n) is 13.1. The number of nitrogens with zero attached hydrogens (tertiary/aromatic N) is 1. The summed E-state index contributed by atoms with van der Waals surface area (Å²) in [6, 6.07) is 5.31. The summed E-state index contributed by atoms with van der Waals surface area (Å²) in [5.41, 5.74) is 0.544. The Morgan fingerprint density at radius 3 is 2.84 bits per heavy atom. The highest BCUT2D eigenvalue weighted by Gasteiger charge is 2.10. The molecule has 0 aliphatic rings. The molecule has 2 rings (SSSR count). The van der Waals surface area contributed by atoms with Gasteiger partial charge < -0.3 is 19.9 Å².